The van der Waals surface area contributed by atoms with E-state index in [4.69, 9.17) is 4.74 Å². The van der Waals surface area contributed by atoms with Crippen LogP contribution in [0.3, 0.4) is 0 Å². The minimum atomic E-state index is -0.543. The molecule has 2 aromatic carbocycles. The molecule has 0 saturated heterocycles. The highest BCUT2D eigenvalue weighted by Gasteiger charge is 2.16. The maximum Gasteiger partial charge on any atom is 0.265 e. The third-order valence-electron chi connectivity index (χ3n) is 3.31. The number of hydrogen-bond donors (Lipinski definition) is 1. The van der Waals surface area contributed by atoms with Crippen LogP contribution in [0, 0.1) is 6.92 Å². The zero-order valence-corrected chi connectivity index (χ0v) is 12.7. The average molecular weight is 283 g/mol. The van der Waals surface area contributed by atoms with Gasteiger partial charge in [-0.1, -0.05) is 37.3 Å². The number of ether oxygens (including phenoxy) is 1. The van der Waals surface area contributed by atoms with Gasteiger partial charge >= 0.3 is 0 Å². The quantitative estimate of drug-likeness (QED) is 0.902. The summed E-state index contributed by atoms with van der Waals surface area (Å²) in [5.41, 5.74) is 3.00. The van der Waals surface area contributed by atoms with Gasteiger partial charge in [0.15, 0.2) is 6.10 Å². The van der Waals surface area contributed by atoms with Crippen LogP contribution in [-0.2, 0) is 11.2 Å². The van der Waals surface area contributed by atoms with Gasteiger partial charge in [0.05, 0.1) is 0 Å². The van der Waals surface area contributed by atoms with Gasteiger partial charge in [-0.15, -0.1) is 0 Å². The molecule has 21 heavy (non-hydrogen) atoms. The van der Waals surface area contributed by atoms with Crippen LogP contribution in [0.5, 0.6) is 5.75 Å². The third kappa shape index (κ3) is 4.09. The van der Waals surface area contributed by atoms with Gasteiger partial charge in [-0.25, -0.2) is 0 Å². The van der Waals surface area contributed by atoms with Gasteiger partial charge in [-0.05, 0) is 49.6 Å². The van der Waals surface area contributed by atoms with Crippen LogP contribution in [0.2, 0.25) is 0 Å². The first-order chi connectivity index (χ1) is 10.1. The number of amides is 1. The number of carbonyl (C=O) groups is 1. The molecule has 110 valence electrons. The molecular weight excluding hydrogens is 262 g/mol. The lowest BCUT2D eigenvalue weighted by Crippen LogP contribution is -2.30. The van der Waals surface area contributed by atoms with Crippen molar-refractivity contribution in [2.45, 2.75) is 33.3 Å². The molecule has 0 aliphatic carbocycles. The third-order valence-corrected chi connectivity index (χ3v) is 3.31. The van der Waals surface area contributed by atoms with Gasteiger partial charge in [-0.2, -0.15) is 0 Å². The van der Waals surface area contributed by atoms with Crippen LogP contribution < -0.4 is 10.1 Å². The molecule has 0 aromatic heterocycles. The summed E-state index contributed by atoms with van der Waals surface area (Å²) in [6, 6.07) is 15.5. The molecule has 1 atom stereocenters. The summed E-state index contributed by atoms with van der Waals surface area (Å²) < 4.78 is 5.79. The Labute approximate surface area is 126 Å². The molecule has 0 aliphatic heterocycles. The summed E-state index contributed by atoms with van der Waals surface area (Å²) in [5, 5.41) is 2.88. The molecule has 3 nitrogen and oxygen atoms in total. The lowest BCUT2D eigenvalue weighted by atomic mass is 10.1. The molecule has 0 radical (unpaired) electrons. The Bertz CT molecular complexity index is 622. The van der Waals surface area contributed by atoms with Crippen molar-refractivity contribution in [3.63, 3.8) is 0 Å². The summed E-state index contributed by atoms with van der Waals surface area (Å²) in [4.78, 5) is 12.2. The standard InChI is InChI=1S/C18H21NO2/c1-4-15-9-5-6-11-17(15)21-14(3)18(20)19-16-10-7-8-13(2)12-16/h5-12,14H,4H2,1-3H3,(H,19,20)/t14-/m0/s1. The van der Waals surface area contributed by atoms with E-state index in [0.29, 0.717) is 0 Å². The Morgan fingerprint density at radius 2 is 1.95 bits per heavy atom. The van der Waals surface area contributed by atoms with E-state index in [0.717, 1.165) is 29.0 Å². The van der Waals surface area contributed by atoms with Crippen molar-refractivity contribution < 1.29 is 9.53 Å². The normalized spacial score (nSPS) is 11.8. The highest BCUT2D eigenvalue weighted by molar-refractivity contribution is 5.94. The van der Waals surface area contributed by atoms with Crippen molar-refractivity contribution in [1.82, 2.24) is 0 Å². The Kier molecular flexibility index (Phi) is 4.99. The number of nitrogens with one attached hydrogen (secondary N) is 1. The fraction of sp³-hybridized carbons (Fsp3) is 0.278. The average Bonchev–Trinajstić information content (AvgIpc) is 2.47. The second kappa shape index (κ2) is 6.93. The number of carbonyl (C=O) groups excluding carboxylic acids is 1. The van der Waals surface area contributed by atoms with E-state index >= 15 is 0 Å². The van der Waals surface area contributed by atoms with Crippen molar-refractivity contribution in [3.8, 4) is 5.75 Å². The topological polar surface area (TPSA) is 38.3 Å². The molecule has 0 unspecified atom stereocenters. The number of hydrogen-bond acceptors (Lipinski definition) is 2. The Morgan fingerprint density at radius 3 is 2.67 bits per heavy atom. The van der Waals surface area contributed by atoms with Gasteiger partial charge in [0.1, 0.15) is 5.75 Å². The second-order valence-corrected chi connectivity index (χ2v) is 5.08. The summed E-state index contributed by atoms with van der Waals surface area (Å²) in [5.74, 6) is 0.624. The molecule has 0 heterocycles. The van der Waals surface area contributed by atoms with Crippen LogP contribution >= 0.6 is 0 Å². The molecule has 0 bridgehead atoms. The Morgan fingerprint density at radius 1 is 1.19 bits per heavy atom. The highest BCUT2D eigenvalue weighted by atomic mass is 16.5. The van der Waals surface area contributed by atoms with Crippen molar-refractivity contribution in [2.75, 3.05) is 5.32 Å². The van der Waals surface area contributed by atoms with Gasteiger partial charge in [0.2, 0.25) is 0 Å². The molecule has 0 spiro atoms. The number of rotatable bonds is 5. The van der Waals surface area contributed by atoms with Crippen LogP contribution in [0.1, 0.15) is 25.0 Å². The SMILES string of the molecule is CCc1ccccc1O[C@@H](C)C(=O)Nc1cccc(C)c1. The minimum absolute atomic E-state index is 0.147. The number of benzene rings is 2. The molecule has 2 aromatic rings. The van der Waals surface area contributed by atoms with Gasteiger partial charge < -0.3 is 10.1 Å². The molecule has 1 N–H and O–H groups in total. The molecule has 1 amide bonds. The minimum Gasteiger partial charge on any atom is -0.481 e. The summed E-state index contributed by atoms with van der Waals surface area (Å²) in [7, 11) is 0. The maximum atomic E-state index is 12.2. The molecule has 3 heteroatoms. The zero-order valence-electron chi connectivity index (χ0n) is 12.7. The van der Waals surface area contributed by atoms with E-state index in [-0.39, 0.29) is 5.91 Å². The van der Waals surface area contributed by atoms with Crippen molar-refractivity contribution in [1.29, 1.82) is 0 Å². The largest absolute Gasteiger partial charge is 0.481 e. The summed E-state index contributed by atoms with van der Waals surface area (Å²) in [6.07, 6.45) is 0.334. The Balaban J connectivity index is 2.02. The summed E-state index contributed by atoms with van der Waals surface area (Å²) in [6.45, 7) is 5.82. The highest BCUT2D eigenvalue weighted by Crippen LogP contribution is 2.20. The number of para-hydroxylation sites is 1. The molecule has 2 rings (SSSR count). The number of aryl methyl sites for hydroxylation is 2. The van der Waals surface area contributed by atoms with Crippen LogP contribution in [0.4, 0.5) is 5.69 Å². The van der Waals surface area contributed by atoms with Gasteiger partial charge in [-0.3, -0.25) is 4.79 Å². The predicted octanol–water partition coefficient (Wildman–Crippen LogP) is 3.96. The predicted molar refractivity (Wildman–Crippen MR) is 85.7 cm³/mol. The lowest BCUT2D eigenvalue weighted by molar-refractivity contribution is -0.122. The molecular formula is C18H21NO2. The van der Waals surface area contributed by atoms with E-state index in [1.165, 1.54) is 0 Å². The van der Waals surface area contributed by atoms with Crippen LogP contribution in [0.25, 0.3) is 0 Å². The number of anilines is 1. The summed E-state index contributed by atoms with van der Waals surface area (Å²) >= 11 is 0. The van der Waals surface area contributed by atoms with E-state index in [1.807, 2.05) is 55.5 Å². The van der Waals surface area contributed by atoms with Crippen molar-refractivity contribution >= 4 is 11.6 Å². The van der Waals surface area contributed by atoms with Gasteiger partial charge in [0, 0.05) is 5.69 Å². The maximum absolute atomic E-state index is 12.2. The van der Waals surface area contributed by atoms with E-state index in [2.05, 4.69) is 12.2 Å². The first-order valence-electron chi connectivity index (χ1n) is 7.22. The smallest absolute Gasteiger partial charge is 0.265 e. The lowest BCUT2D eigenvalue weighted by Gasteiger charge is -2.17. The fourth-order valence-electron chi connectivity index (χ4n) is 2.12. The van der Waals surface area contributed by atoms with E-state index in [1.54, 1.807) is 6.92 Å². The van der Waals surface area contributed by atoms with Crippen molar-refractivity contribution in [2.24, 2.45) is 0 Å². The van der Waals surface area contributed by atoms with Crippen LogP contribution in [0.15, 0.2) is 48.5 Å². The van der Waals surface area contributed by atoms with Crippen LogP contribution in [-0.4, -0.2) is 12.0 Å². The Hall–Kier alpha value is -2.29. The monoisotopic (exact) mass is 283 g/mol. The van der Waals surface area contributed by atoms with E-state index < -0.39 is 6.10 Å². The fourth-order valence-corrected chi connectivity index (χ4v) is 2.12. The first kappa shape index (κ1) is 15.1. The second-order valence-electron chi connectivity index (χ2n) is 5.08. The first-order valence-corrected chi connectivity index (χ1v) is 7.22. The zero-order chi connectivity index (χ0) is 15.2. The van der Waals surface area contributed by atoms with E-state index in [9.17, 15) is 4.79 Å². The van der Waals surface area contributed by atoms with Crippen molar-refractivity contribution in [3.05, 3.63) is 59.7 Å². The molecule has 0 aliphatic rings. The molecule has 0 saturated carbocycles. The molecule has 0 fully saturated rings. The van der Waals surface area contributed by atoms with Gasteiger partial charge in [0.25, 0.3) is 5.91 Å².